The van der Waals surface area contributed by atoms with Crippen molar-refractivity contribution in [1.82, 2.24) is 20.3 Å². The number of carboxylic acids is 1. The van der Waals surface area contributed by atoms with E-state index in [0.29, 0.717) is 19.5 Å². The minimum absolute atomic E-state index is 0.0278. The van der Waals surface area contributed by atoms with Crippen LogP contribution in [0.1, 0.15) is 55.9 Å². The number of unbranched alkanes of at least 4 members (excludes halogenated alkanes) is 4. The third kappa shape index (κ3) is 6.31. The molecule has 0 fully saturated rings. The molecule has 112 valence electrons. The molecule has 1 rings (SSSR count). The van der Waals surface area contributed by atoms with Gasteiger partial charge in [0.1, 0.15) is 0 Å². The van der Waals surface area contributed by atoms with Crippen molar-refractivity contribution in [2.75, 3.05) is 6.54 Å². The number of amides is 1. The maximum absolute atomic E-state index is 11.5. The van der Waals surface area contributed by atoms with Gasteiger partial charge in [-0.1, -0.05) is 37.8 Å². The van der Waals surface area contributed by atoms with Crippen molar-refractivity contribution in [3.8, 4) is 0 Å². The van der Waals surface area contributed by atoms with E-state index in [1.807, 2.05) is 0 Å². The van der Waals surface area contributed by atoms with Crippen LogP contribution in [-0.4, -0.2) is 38.5 Å². The monoisotopic (exact) mass is 282 g/mol. The van der Waals surface area contributed by atoms with Gasteiger partial charge in [0.15, 0.2) is 5.69 Å². The number of hydrogen-bond donors (Lipinski definition) is 2. The predicted octanol–water partition coefficient (Wildman–Crippen LogP) is 1.45. The van der Waals surface area contributed by atoms with Crippen molar-refractivity contribution >= 4 is 11.9 Å². The van der Waals surface area contributed by atoms with Gasteiger partial charge in [0.25, 0.3) is 0 Å². The number of carbonyl (C=O) groups is 2. The number of aromatic carboxylic acids is 1. The number of nitrogens with zero attached hydrogens (tertiary/aromatic N) is 3. The molecule has 7 heteroatoms. The minimum atomic E-state index is -1.10. The number of aromatic nitrogens is 3. The summed E-state index contributed by atoms with van der Waals surface area (Å²) in [6.45, 7) is 3.00. The maximum Gasteiger partial charge on any atom is 0.358 e. The van der Waals surface area contributed by atoms with Gasteiger partial charge in [-0.2, -0.15) is 0 Å². The van der Waals surface area contributed by atoms with Crippen LogP contribution in [0.5, 0.6) is 0 Å². The molecule has 0 atom stereocenters. The Labute approximate surface area is 118 Å². The molecule has 0 aliphatic carbocycles. The quantitative estimate of drug-likeness (QED) is 0.633. The highest BCUT2D eigenvalue weighted by atomic mass is 16.4. The summed E-state index contributed by atoms with van der Waals surface area (Å²) >= 11 is 0. The Morgan fingerprint density at radius 2 is 2.05 bits per heavy atom. The normalized spacial score (nSPS) is 10.4. The first-order valence-corrected chi connectivity index (χ1v) is 7.03. The second-order valence-corrected chi connectivity index (χ2v) is 4.69. The summed E-state index contributed by atoms with van der Waals surface area (Å²) in [4.78, 5) is 22.1. The van der Waals surface area contributed by atoms with E-state index in [4.69, 9.17) is 5.11 Å². The van der Waals surface area contributed by atoms with Crippen molar-refractivity contribution in [2.45, 2.75) is 52.0 Å². The molecule has 0 spiro atoms. The Kier molecular flexibility index (Phi) is 7.31. The van der Waals surface area contributed by atoms with Gasteiger partial charge < -0.3 is 10.4 Å². The van der Waals surface area contributed by atoms with Crippen molar-refractivity contribution in [3.63, 3.8) is 0 Å². The average molecular weight is 282 g/mol. The average Bonchev–Trinajstić information content (AvgIpc) is 2.87. The molecule has 0 unspecified atom stereocenters. The molecule has 1 heterocycles. The van der Waals surface area contributed by atoms with E-state index in [1.165, 1.54) is 30.1 Å². The van der Waals surface area contributed by atoms with Crippen LogP contribution in [0.25, 0.3) is 0 Å². The van der Waals surface area contributed by atoms with Crippen LogP contribution in [-0.2, 0) is 11.3 Å². The number of carboxylic acid groups (broad SMARTS) is 1. The van der Waals surface area contributed by atoms with Gasteiger partial charge in [0, 0.05) is 13.0 Å². The molecule has 0 aliphatic rings. The highest BCUT2D eigenvalue weighted by Gasteiger charge is 2.08. The van der Waals surface area contributed by atoms with Crippen molar-refractivity contribution in [3.05, 3.63) is 11.9 Å². The largest absolute Gasteiger partial charge is 0.476 e. The first kappa shape index (κ1) is 16.1. The molecule has 20 heavy (non-hydrogen) atoms. The molecule has 2 N–H and O–H groups in total. The van der Waals surface area contributed by atoms with Crippen molar-refractivity contribution in [2.24, 2.45) is 0 Å². The summed E-state index contributed by atoms with van der Waals surface area (Å²) in [5, 5.41) is 18.6. The summed E-state index contributed by atoms with van der Waals surface area (Å²) in [5.41, 5.74) is -0.0905. The zero-order chi connectivity index (χ0) is 14.8. The fourth-order valence-electron chi connectivity index (χ4n) is 1.79. The molecular weight excluding hydrogens is 260 g/mol. The van der Waals surface area contributed by atoms with Crippen LogP contribution >= 0.6 is 0 Å². The van der Waals surface area contributed by atoms with Crippen LogP contribution in [0, 0.1) is 0 Å². The number of nitrogens with one attached hydrogen (secondary N) is 1. The van der Waals surface area contributed by atoms with Crippen molar-refractivity contribution in [1.29, 1.82) is 0 Å². The first-order valence-electron chi connectivity index (χ1n) is 7.03. The van der Waals surface area contributed by atoms with E-state index in [1.54, 1.807) is 0 Å². The van der Waals surface area contributed by atoms with Crippen LogP contribution in [0.4, 0.5) is 0 Å². The zero-order valence-corrected chi connectivity index (χ0v) is 11.8. The fraction of sp³-hybridized carbons (Fsp3) is 0.692. The fourth-order valence-corrected chi connectivity index (χ4v) is 1.79. The van der Waals surface area contributed by atoms with E-state index >= 15 is 0 Å². The Balaban J connectivity index is 2.10. The molecule has 0 saturated heterocycles. The Bertz CT molecular complexity index is 431. The SMILES string of the molecule is CCCCCCCC(=O)NCCn1cc(C(=O)O)nn1. The Hall–Kier alpha value is -1.92. The van der Waals surface area contributed by atoms with E-state index in [9.17, 15) is 9.59 Å². The molecule has 1 aromatic heterocycles. The number of carbonyl (C=O) groups excluding carboxylic acids is 1. The Morgan fingerprint density at radius 1 is 1.30 bits per heavy atom. The summed E-state index contributed by atoms with van der Waals surface area (Å²) in [5.74, 6) is -1.08. The molecule has 0 aromatic carbocycles. The van der Waals surface area contributed by atoms with Crippen LogP contribution in [0.2, 0.25) is 0 Å². The summed E-state index contributed by atoms with van der Waals surface area (Å²) in [6.07, 6.45) is 7.49. The van der Waals surface area contributed by atoms with Gasteiger partial charge in [0.05, 0.1) is 12.7 Å². The summed E-state index contributed by atoms with van der Waals surface area (Å²) in [6, 6.07) is 0. The third-order valence-corrected chi connectivity index (χ3v) is 2.93. The van der Waals surface area contributed by atoms with Crippen LogP contribution in [0.3, 0.4) is 0 Å². The van der Waals surface area contributed by atoms with E-state index in [-0.39, 0.29) is 11.6 Å². The Morgan fingerprint density at radius 3 is 2.70 bits per heavy atom. The van der Waals surface area contributed by atoms with Crippen LogP contribution in [0.15, 0.2) is 6.20 Å². The zero-order valence-electron chi connectivity index (χ0n) is 11.8. The molecule has 0 bridgehead atoms. The summed E-state index contributed by atoms with van der Waals surface area (Å²) < 4.78 is 1.41. The lowest BCUT2D eigenvalue weighted by Crippen LogP contribution is -2.27. The molecule has 0 saturated carbocycles. The molecule has 1 aromatic rings. The number of rotatable bonds is 10. The van der Waals surface area contributed by atoms with E-state index in [0.717, 1.165) is 12.8 Å². The highest BCUT2D eigenvalue weighted by molar-refractivity contribution is 5.84. The molecule has 0 aliphatic heterocycles. The molecule has 7 nitrogen and oxygen atoms in total. The van der Waals surface area contributed by atoms with Crippen LogP contribution < -0.4 is 5.32 Å². The number of hydrogen-bond acceptors (Lipinski definition) is 4. The second kappa shape index (κ2) is 9.06. The second-order valence-electron chi connectivity index (χ2n) is 4.69. The predicted molar refractivity (Wildman–Crippen MR) is 73.4 cm³/mol. The van der Waals surface area contributed by atoms with Gasteiger partial charge in [-0.15, -0.1) is 5.10 Å². The molecule has 0 radical (unpaired) electrons. The third-order valence-electron chi connectivity index (χ3n) is 2.93. The lowest BCUT2D eigenvalue weighted by molar-refractivity contribution is -0.121. The standard InChI is InChI=1S/C13H22N4O3/c1-2-3-4-5-6-7-12(18)14-8-9-17-10-11(13(19)20)15-16-17/h10H,2-9H2,1H3,(H,14,18)(H,19,20). The smallest absolute Gasteiger partial charge is 0.358 e. The van der Waals surface area contributed by atoms with Gasteiger partial charge >= 0.3 is 5.97 Å². The highest BCUT2D eigenvalue weighted by Crippen LogP contribution is 2.04. The van der Waals surface area contributed by atoms with Gasteiger partial charge in [-0.25, -0.2) is 9.48 Å². The van der Waals surface area contributed by atoms with Gasteiger partial charge in [-0.3, -0.25) is 4.79 Å². The lowest BCUT2D eigenvalue weighted by Gasteiger charge is -2.04. The van der Waals surface area contributed by atoms with Crippen molar-refractivity contribution < 1.29 is 14.7 Å². The summed E-state index contributed by atoms with van der Waals surface area (Å²) in [7, 11) is 0. The van der Waals surface area contributed by atoms with E-state index in [2.05, 4.69) is 22.6 Å². The van der Waals surface area contributed by atoms with E-state index < -0.39 is 5.97 Å². The topological polar surface area (TPSA) is 97.1 Å². The van der Waals surface area contributed by atoms with Gasteiger partial charge in [0.2, 0.25) is 5.91 Å². The molecule has 1 amide bonds. The maximum atomic E-state index is 11.5. The minimum Gasteiger partial charge on any atom is -0.476 e. The molecular formula is C13H22N4O3. The van der Waals surface area contributed by atoms with Gasteiger partial charge in [-0.05, 0) is 6.42 Å². The first-order chi connectivity index (χ1) is 9.63. The lowest BCUT2D eigenvalue weighted by atomic mass is 10.1.